The highest BCUT2D eigenvalue weighted by Crippen LogP contribution is 2.25. The predicted octanol–water partition coefficient (Wildman–Crippen LogP) is 1.80. The summed E-state index contributed by atoms with van der Waals surface area (Å²) in [7, 11) is 0. The van der Waals surface area contributed by atoms with Crippen molar-refractivity contribution in [2.45, 2.75) is 6.92 Å². The van der Waals surface area contributed by atoms with E-state index in [1.165, 1.54) is 0 Å². The average Bonchev–Trinajstić information content (AvgIpc) is 3.03. The highest BCUT2D eigenvalue weighted by molar-refractivity contribution is 6.13. The smallest absolute Gasteiger partial charge is 0.229 e. The van der Waals surface area contributed by atoms with Crippen molar-refractivity contribution in [2.24, 2.45) is 9.98 Å². The quantitative estimate of drug-likeness (QED) is 0.776. The molecule has 94 valence electrons. The van der Waals surface area contributed by atoms with E-state index in [0.29, 0.717) is 0 Å². The van der Waals surface area contributed by atoms with E-state index in [4.69, 9.17) is 4.99 Å². The molecule has 2 aliphatic heterocycles. The molecular weight excluding hydrogens is 238 g/mol. The minimum absolute atomic E-state index is 0.791. The van der Waals surface area contributed by atoms with Crippen LogP contribution in [0.3, 0.4) is 0 Å². The van der Waals surface area contributed by atoms with E-state index < -0.39 is 0 Å². The summed E-state index contributed by atoms with van der Waals surface area (Å²) in [6.45, 7) is 3.63. The molecule has 4 rings (SSSR count). The molecule has 1 aromatic carbocycles. The molecule has 0 bridgehead atoms. The van der Waals surface area contributed by atoms with Crippen molar-refractivity contribution >= 4 is 17.6 Å². The van der Waals surface area contributed by atoms with Crippen molar-refractivity contribution in [1.29, 1.82) is 0 Å². The van der Waals surface area contributed by atoms with Crippen LogP contribution in [0.4, 0.5) is 5.82 Å². The lowest BCUT2D eigenvalue weighted by molar-refractivity contribution is 0.621. The highest BCUT2D eigenvalue weighted by atomic mass is 15.5. The summed E-state index contributed by atoms with van der Waals surface area (Å²) in [4.78, 5) is 11.4. The second-order valence-electron chi connectivity index (χ2n) is 4.69. The van der Waals surface area contributed by atoms with Crippen molar-refractivity contribution in [3.63, 3.8) is 0 Å². The van der Waals surface area contributed by atoms with Crippen LogP contribution in [0.25, 0.3) is 0 Å². The SMILES string of the molecule is Cc1cc2n(n1)C1=NCCN1C(c1ccccc1)=N2. The first kappa shape index (κ1) is 10.5. The van der Waals surface area contributed by atoms with Crippen LogP contribution in [0.2, 0.25) is 0 Å². The first-order valence-corrected chi connectivity index (χ1v) is 6.36. The van der Waals surface area contributed by atoms with Crippen molar-refractivity contribution in [3.8, 4) is 0 Å². The molecule has 0 aliphatic carbocycles. The van der Waals surface area contributed by atoms with Crippen molar-refractivity contribution in [1.82, 2.24) is 14.7 Å². The number of aryl methyl sites for hydroxylation is 1. The zero-order valence-electron chi connectivity index (χ0n) is 10.6. The monoisotopic (exact) mass is 251 g/mol. The molecule has 0 fully saturated rings. The van der Waals surface area contributed by atoms with E-state index in [1.54, 1.807) is 0 Å². The van der Waals surface area contributed by atoms with Gasteiger partial charge in [-0.05, 0) is 6.92 Å². The Kier molecular flexibility index (Phi) is 2.09. The molecule has 0 spiro atoms. The normalized spacial score (nSPS) is 16.8. The van der Waals surface area contributed by atoms with Crippen LogP contribution in [0.1, 0.15) is 11.3 Å². The largest absolute Gasteiger partial charge is 0.293 e. The van der Waals surface area contributed by atoms with Gasteiger partial charge >= 0.3 is 0 Å². The molecule has 0 atom stereocenters. The van der Waals surface area contributed by atoms with Gasteiger partial charge < -0.3 is 0 Å². The lowest BCUT2D eigenvalue weighted by Crippen LogP contribution is -2.41. The van der Waals surface area contributed by atoms with Gasteiger partial charge in [-0.2, -0.15) is 9.78 Å². The second-order valence-corrected chi connectivity index (χ2v) is 4.69. The number of amidine groups is 1. The van der Waals surface area contributed by atoms with Gasteiger partial charge in [0.2, 0.25) is 5.96 Å². The van der Waals surface area contributed by atoms with E-state index in [2.05, 4.69) is 27.1 Å². The highest BCUT2D eigenvalue weighted by Gasteiger charge is 2.30. The Morgan fingerprint density at radius 2 is 2.00 bits per heavy atom. The third kappa shape index (κ3) is 1.51. The number of hydrogen-bond acceptors (Lipinski definition) is 4. The minimum Gasteiger partial charge on any atom is -0.293 e. The maximum Gasteiger partial charge on any atom is 0.229 e. The molecule has 2 aromatic rings. The average molecular weight is 251 g/mol. The van der Waals surface area contributed by atoms with Gasteiger partial charge in [-0.1, -0.05) is 30.3 Å². The van der Waals surface area contributed by atoms with Crippen molar-refractivity contribution in [3.05, 3.63) is 47.7 Å². The summed E-state index contributed by atoms with van der Waals surface area (Å²) in [5.41, 5.74) is 2.07. The number of aromatic nitrogens is 2. The molecule has 0 saturated heterocycles. The van der Waals surface area contributed by atoms with Gasteiger partial charge in [-0.25, -0.2) is 9.98 Å². The first-order valence-electron chi connectivity index (χ1n) is 6.36. The Labute approximate surface area is 110 Å². The Morgan fingerprint density at radius 1 is 1.16 bits per heavy atom. The maximum atomic E-state index is 4.74. The summed E-state index contributed by atoms with van der Waals surface area (Å²) in [6, 6.07) is 12.2. The number of rotatable bonds is 1. The fourth-order valence-corrected chi connectivity index (χ4v) is 2.51. The number of nitrogens with zero attached hydrogens (tertiary/aromatic N) is 5. The van der Waals surface area contributed by atoms with Gasteiger partial charge in [0.1, 0.15) is 5.84 Å². The molecule has 0 saturated carbocycles. The van der Waals surface area contributed by atoms with Gasteiger partial charge in [0.05, 0.1) is 12.2 Å². The number of fused-ring (bicyclic) bond motifs is 3. The van der Waals surface area contributed by atoms with Crippen LogP contribution < -0.4 is 0 Å². The zero-order valence-corrected chi connectivity index (χ0v) is 10.6. The van der Waals surface area contributed by atoms with Crippen LogP contribution in [-0.4, -0.2) is 39.6 Å². The molecule has 5 heteroatoms. The summed E-state index contributed by atoms with van der Waals surface area (Å²) >= 11 is 0. The van der Waals surface area contributed by atoms with Gasteiger partial charge in [-0.15, -0.1) is 0 Å². The van der Waals surface area contributed by atoms with Gasteiger partial charge in [0.15, 0.2) is 5.82 Å². The second kappa shape index (κ2) is 3.78. The molecule has 2 aliphatic rings. The van der Waals surface area contributed by atoms with E-state index in [1.807, 2.05) is 35.9 Å². The lowest BCUT2D eigenvalue weighted by Gasteiger charge is -2.26. The lowest BCUT2D eigenvalue weighted by atomic mass is 10.2. The Hall–Kier alpha value is -2.43. The summed E-state index contributed by atoms with van der Waals surface area (Å²) < 4.78 is 1.83. The maximum absolute atomic E-state index is 4.74. The number of benzene rings is 1. The first-order chi connectivity index (χ1) is 9.33. The van der Waals surface area contributed by atoms with E-state index in [0.717, 1.165) is 42.0 Å². The van der Waals surface area contributed by atoms with Crippen molar-refractivity contribution < 1.29 is 0 Å². The van der Waals surface area contributed by atoms with Crippen molar-refractivity contribution in [2.75, 3.05) is 13.1 Å². The number of hydrogen-bond donors (Lipinski definition) is 0. The summed E-state index contributed by atoms with van der Waals surface area (Å²) in [6.07, 6.45) is 0. The summed E-state index contributed by atoms with van der Waals surface area (Å²) in [5, 5.41) is 4.46. The van der Waals surface area contributed by atoms with Crippen LogP contribution in [0.15, 0.2) is 46.4 Å². The van der Waals surface area contributed by atoms with Crippen LogP contribution >= 0.6 is 0 Å². The van der Waals surface area contributed by atoms with Crippen LogP contribution in [0.5, 0.6) is 0 Å². The number of aliphatic imine (C=N–C) groups is 2. The van der Waals surface area contributed by atoms with E-state index in [9.17, 15) is 0 Å². The summed E-state index contributed by atoms with van der Waals surface area (Å²) in [5.74, 6) is 2.70. The molecule has 0 unspecified atom stereocenters. The fourth-order valence-electron chi connectivity index (χ4n) is 2.51. The zero-order chi connectivity index (χ0) is 12.8. The molecular formula is C14H13N5. The molecule has 5 nitrogen and oxygen atoms in total. The van der Waals surface area contributed by atoms with Crippen LogP contribution in [-0.2, 0) is 0 Å². The molecule has 19 heavy (non-hydrogen) atoms. The van der Waals surface area contributed by atoms with Gasteiger partial charge in [0.25, 0.3) is 0 Å². The van der Waals surface area contributed by atoms with Crippen LogP contribution in [0, 0.1) is 6.92 Å². The minimum atomic E-state index is 0.791. The molecule has 0 amide bonds. The molecule has 1 aromatic heterocycles. The Balaban J connectivity index is 1.93. The third-order valence-electron chi connectivity index (χ3n) is 3.33. The third-order valence-corrected chi connectivity index (χ3v) is 3.33. The Morgan fingerprint density at radius 3 is 2.84 bits per heavy atom. The van der Waals surface area contributed by atoms with Gasteiger partial charge in [-0.3, -0.25) is 4.90 Å². The topological polar surface area (TPSA) is 45.8 Å². The standard InChI is InChI=1S/C14H13N5/c1-10-9-12-16-13(11-5-3-2-4-6-11)18-8-7-15-14(18)19(12)17-10/h2-6,9H,7-8H2,1H3. The van der Waals surface area contributed by atoms with E-state index in [-0.39, 0.29) is 0 Å². The fraction of sp³-hybridized carbons (Fsp3) is 0.214. The van der Waals surface area contributed by atoms with E-state index >= 15 is 0 Å². The Bertz CT molecular complexity index is 696. The molecule has 0 radical (unpaired) electrons. The van der Waals surface area contributed by atoms with Gasteiger partial charge in [0, 0.05) is 18.2 Å². The molecule has 0 N–H and O–H groups in total. The molecule has 3 heterocycles. The predicted molar refractivity (Wildman–Crippen MR) is 74.0 cm³/mol.